The SMILES string of the molecule is CCCCCCN(CCCCCC)C(=O)C(C(F)(F)F)(C(F)(F)F)C(F)(F)F. The smallest absolute Gasteiger partial charge is 0.341 e. The Balaban J connectivity index is 5.96. The third-order valence-corrected chi connectivity index (χ3v) is 4.45. The van der Waals surface area contributed by atoms with Crippen molar-refractivity contribution in [2.75, 3.05) is 13.1 Å². The third-order valence-electron chi connectivity index (χ3n) is 4.45. The van der Waals surface area contributed by atoms with Gasteiger partial charge in [0.05, 0.1) is 0 Å². The van der Waals surface area contributed by atoms with Gasteiger partial charge in [-0.1, -0.05) is 52.4 Å². The molecule has 0 aliphatic heterocycles. The van der Waals surface area contributed by atoms with Gasteiger partial charge >= 0.3 is 23.9 Å². The maximum atomic E-state index is 13.2. The fraction of sp³-hybridized carbons (Fsp3) is 0.941. The predicted octanol–water partition coefficient (Wildman–Crippen LogP) is 6.65. The third kappa shape index (κ3) is 6.17. The summed E-state index contributed by atoms with van der Waals surface area (Å²) in [6.45, 7) is 2.43. The molecule has 0 atom stereocenters. The van der Waals surface area contributed by atoms with E-state index >= 15 is 0 Å². The van der Waals surface area contributed by atoms with Crippen LogP contribution in [0.5, 0.6) is 0 Å². The lowest BCUT2D eigenvalue weighted by Gasteiger charge is -2.40. The number of hydrogen-bond donors (Lipinski definition) is 0. The Morgan fingerprint density at radius 2 is 0.929 bits per heavy atom. The van der Waals surface area contributed by atoms with Crippen molar-refractivity contribution in [3.8, 4) is 0 Å². The van der Waals surface area contributed by atoms with Crippen molar-refractivity contribution in [1.82, 2.24) is 4.90 Å². The van der Waals surface area contributed by atoms with Crippen molar-refractivity contribution >= 4 is 5.91 Å². The molecule has 0 aromatic carbocycles. The molecule has 2 nitrogen and oxygen atoms in total. The highest BCUT2D eigenvalue weighted by Gasteiger charge is 2.88. The molecule has 0 saturated carbocycles. The second-order valence-corrected chi connectivity index (χ2v) is 6.66. The van der Waals surface area contributed by atoms with Gasteiger partial charge in [-0.2, -0.15) is 39.5 Å². The number of halogens is 9. The zero-order chi connectivity index (χ0) is 22.2. The molecule has 0 heterocycles. The van der Waals surface area contributed by atoms with E-state index in [-0.39, 0.29) is 17.7 Å². The summed E-state index contributed by atoms with van der Waals surface area (Å²) in [4.78, 5) is 12.3. The first kappa shape index (κ1) is 26.8. The summed E-state index contributed by atoms with van der Waals surface area (Å²) in [5.41, 5.74) is -6.43. The van der Waals surface area contributed by atoms with Crippen molar-refractivity contribution in [3.05, 3.63) is 0 Å². The topological polar surface area (TPSA) is 20.3 Å². The minimum Gasteiger partial charge on any atom is -0.341 e. The highest BCUT2D eigenvalue weighted by atomic mass is 19.4. The number of amides is 1. The summed E-state index contributed by atoms with van der Waals surface area (Å²) in [7, 11) is 0. The van der Waals surface area contributed by atoms with Gasteiger partial charge < -0.3 is 4.90 Å². The molecule has 0 spiro atoms. The lowest BCUT2D eigenvalue weighted by molar-refractivity contribution is -0.409. The molecule has 0 bridgehead atoms. The Kier molecular flexibility index (Phi) is 10.1. The molecule has 1 amide bonds. The fourth-order valence-electron chi connectivity index (χ4n) is 2.86. The Labute approximate surface area is 158 Å². The number of nitrogens with zero attached hydrogens (tertiary/aromatic N) is 1. The predicted molar refractivity (Wildman–Crippen MR) is 85.5 cm³/mol. The average Bonchev–Trinajstić information content (AvgIpc) is 2.49. The van der Waals surface area contributed by atoms with Crippen LogP contribution >= 0.6 is 0 Å². The Morgan fingerprint density at radius 3 is 1.18 bits per heavy atom. The van der Waals surface area contributed by atoms with Crippen LogP contribution in [0.1, 0.15) is 65.2 Å². The van der Waals surface area contributed by atoms with Crippen LogP contribution in [0, 0.1) is 5.41 Å². The summed E-state index contributed by atoms with van der Waals surface area (Å²) in [5, 5.41) is 0. The number of carbonyl (C=O) groups is 1. The van der Waals surface area contributed by atoms with Crippen LogP contribution in [0.2, 0.25) is 0 Å². The molecule has 168 valence electrons. The number of carbonyl (C=O) groups excluding carboxylic acids is 1. The normalized spacial score (nSPS) is 13.7. The van der Waals surface area contributed by atoms with E-state index in [9.17, 15) is 44.3 Å². The molecule has 0 aromatic heterocycles. The minimum absolute atomic E-state index is 0.0248. The fourth-order valence-corrected chi connectivity index (χ4v) is 2.86. The van der Waals surface area contributed by atoms with Crippen molar-refractivity contribution in [1.29, 1.82) is 0 Å². The molecule has 0 aromatic rings. The molecule has 0 fully saturated rings. The lowest BCUT2D eigenvalue weighted by atomic mass is 9.83. The zero-order valence-electron chi connectivity index (χ0n) is 15.8. The number of unbranched alkanes of at least 4 members (excludes halogenated alkanes) is 6. The molecule has 0 aliphatic carbocycles. The number of rotatable bonds is 11. The maximum Gasteiger partial charge on any atom is 0.421 e. The van der Waals surface area contributed by atoms with E-state index in [4.69, 9.17) is 0 Å². The summed E-state index contributed by atoms with van der Waals surface area (Å²) >= 11 is 0. The van der Waals surface area contributed by atoms with Crippen molar-refractivity contribution in [3.63, 3.8) is 0 Å². The maximum absolute atomic E-state index is 13.2. The van der Waals surface area contributed by atoms with E-state index in [1.807, 2.05) is 0 Å². The molecule has 28 heavy (non-hydrogen) atoms. The van der Waals surface area contributed by atoms with Gasteiger partial charge in [-0.25, -0.2) is 0 Å². The molecule has 11 heteroatoms. The van der Waals surface area contributed by atoms with E-state index in [2.05, 4.69) is 0 Å². The van der Waals surface area contributed by atoms with Crippen molar-refractivity contribution < 1.29 is 44.3 Å². The highest BCUT2D eigenvalue weighted by Crippen LogP contribution is 2.60. The van der Waals surface area contributed by atoms with E-state index < -0.39 is 42.9 Å². The second kappa shape index (κ2) is 10.6. The molecule has 0 N–H and O–H groups in total. The van der Waals surface area contributed by atoms with Crippen LogP contribution in [0.3, 0.4) is 0 Å². The van der Waals surface area contributed by atoms with Gasteiger partial charge in [0.15, 0.2) is 0 Å². The molecular weight excluding hydrogens is 405 g/mol. The van der Waals surface area contributed by atoms with Crippen LogP contribution in [0.4, 0.5) is 39.5 Å². The lowest BCUT2D eigenvalue weighted by Crippen LogP contribution is -2.67. The van der Waals surface area contributed by atoms with Gasteiger partial charge in [0.1, 0.15) is 0 Å². The summed E-state index contributed by atoms with van der Waals surface area (Å²) in [6.07, 6.45) is -17.2. The Hall–Kier alpha value is -1.16. The molecule has 0 radical (unpaired) electrons. The molecule has 0 rings (SSSR count). The van der Waals surface area contributed by atoms with Gasteiger partial charge in [0.25, 0.3) is 5.91 Å². The second-order valence-electron chi connectivity index (χ2n) is 6.66. The van der Waals surface area contributed by atoms with Gasteiger partial charge in [0, 0.05) is 13.1 Å². The Bertz CT molecular complexity index is 421. The van der Waals surface area contributed by atoms with Crippen LogP contribution < -0.4 is 0 Å². The zero-order valence-corrected chi connectivity index (χ0v) is 15.8. The first-order chi connectivity index (χ1) is 12.7. The summed E-state index contributed by atoms with van der Waals surface area (Å²) in [6, 6.07) is 0. The van der Waals surface area contributed by atoms with Crippen LogP contribution in [0.25, 0.3) is 0 Å². The van der Waals surface area contributed by atoms with Gasteiger partial charge in [-0.3, -0.25) is 4.79 Å². The summed E-state index contributed by atoms with van der Waals surface area (Å²) in [5.74, 6) is -2.99. The van der Waals surface area contributed by atoms with Crippen molar-refractivity contribution in [2.45, 2.75) is 83.7 Å². The van der Waals surface area contributed by atoms with Crippen LogP contribution in [-0.2, 0) is 4.79 Å². The van der Waals surface area contributed by atoms with Gasteiger partial charge in [-0.05, 0) is 12.8 Å². The van der Waals surface area contributed by atoms with Crippen LogP contribution in [0.15, 0.2) is 0 Å². The minimum atomic E-state index is -6.87. The molecule has 0 saturated heterocycles. The molecule has 0 aliphatic rings. The first-order valence-corrected chi connectivity index (χ1v) is 9.18. The largest absolute Gasteiger partial charge is 0.421 e. The molecular formula is C17H26F9NO. The quantitative estimate of drug-likeness (QED) is 0.265. The average molecular weight is 431 g/mol. The van der Waals surface area contributed by atoms with Crippen LogP contribution in [-0.4, -0.2) is 42.4 Å². The standard InChI is InChI=1S/C17H26F9NO/c1-3-5-7-9-11-27(12-10-8-6-4-2)13(28)14(15(18,19)20,16(21,22)23)17(24,25)26/h3-12H2,1-2H3. The number of alkyl halides is 9. The van der Waals surface area contributed by atoms with Gasteiger partial charge in [-0.15, -0.1) is 0 Å². The van der Waals surface area contributed by atoms with Crippen molar-refractivity contribution in [2.24, 2.45) is 5.41 Å². The van der Waals surface area contributed by atoms with E-state index in [0.29, 0.717) is 38.5 Å². The van der Waals surface area contributed by atoms with Gasteiger partial charge in [0.2, 0.25) is 0 Å². The van der Waals surface area contributed by atoms with E-state index in [1.54, 1.807) is 13.8 Å². The summed E-state index contributed by atoms with van der Waals surface area (Å²) < 4.78 is 119. The van der Waals surface area contributed by atoms with E-state index in [0.717, 1.165) is 0 Å². The highest BCUT2D eigenvalue weighted by molar-refractivity contribution is 5.85. The van der Waals surface area contributed by atoms with E-state index in [1.165, 1.54) is 0 Å². The monoisotopic (exact) mass is 431 g/mol. The molecule has 0 unspecified atom stereocenters. The number of hydrogen-bond acceptors (Lipinski definition) is 1. The first-order valence-electron chi connectivity index (χ1n) is 9.18. The Morgan fingerprint density at radius 1 is 0.607 bits per heavy atom.